The van der Waals surface area contributed by atoms with Gasteiger partial charge in [-0.3, -0.25) is 4.79 Å². The number of hydrogen-bond donors (Lipinski definition) is 0. The molecule has 28 heavy (non-hydrogen) atoms. The van der Waals surface area contributed by atoms with Crippen molar-refractivity contribution >= 4 is 17.8 Å². The van der Waals surface area contributed by atoms with E-state index in [-0.39, 0.29) is 18.1 Å². The molecule has 0 saturated heterocycles. The van der Waals surface area contributed by atoms with Crippen LogP contribution in [0.1, 0.15) is 21.5 Å². The van der Waals surface area contributed by atoms with E-state index in [2.05, 4.69) is 4.74 Å². The van der Waals surface area contributed by atoms with Crippen LogP contribution in [0.4, 0.5) is 8.78 Å². The highest BCUT2D eigenvalue weighted by Gasteiger charge is 2.17. The smallest absolute Gasteiger partial charge is 0.387 e. The maximum Gasteiger partial charge on any atom is 0.387 e. The van der Waals surface area contributed by atoms with E-state index >= 15 is 0 Å². The lowest BCUT2D eigenvalue weighted by molar-refractivity contribution is -0.136. The predicted octanol–water partition coefficient (Wildman–Crippen LogP) is 3.76. The number of aryl methyl sites for hydroxylation is 1. The quantitative estimate of drug-likeness (QED) is 0.407. The van der Waals surface area contributed by atoms with E-state index in [0.29, 0.717) is 22.6 Å². The molecule has 2 aromatic carbocycles. The third kappa shape index (κ3) is 4.85. The number of benzene rings is 2. The van der Waals surface area contributed by atoms with Crippen LogP contribution in [0.3, 0.4) is 0 Å². The van der Waals surface area contributed by atoms with E-state index in [1.165, 1.54) is 24.3 Å². The summed E-state index contributed by atoms with van der Waals surface area (Å²) in [5.41, 5.74) is 1.28. The molecule has 6 nitrogen and oxygen atoms in total. The van der Waals surface area contributed by atoms with Crippen LogP contribution in [0.25, 0.3) is 6.08 Å². The Hall–Kier alpha value is -3.42. The van der Waals surface area contributed by atoms with E-state index in [9.17, 15) is 18.4 Å². The van der Waals surface area contributed by atoms with Crippen molar-refractivity contribution in [3.05, 3.63) is 59.2 Å². The molecule has 0 saturated carbocycles. The molecular weight excluding hydrogens is 374 g/mol. The molecule has 0 unspecified atom stereocenters. The number of halogens is 2. The Morgan fingerprint density at radius 2 is 1.93 bits per heavy atom. The number of fused-ring (bicyclic) bond motifs is 1. The normalized spacial score (nSPS) is 12.4. The van der Waals surface area contributed by atoms with Crippen LogP contribution in [0.5, 0.6) is 17.2 Å². The summed E-state index contributed by atoms with van der Waals surface area (Å²) in [4.78, 5) is 24.1. The molecule has 0 fully saturated rings. The Kier molecular flexibility index (Phi) is 5.88. The fourth-order valence-electron chi connectivity index (χ4n) is 2.50. The van der Waals surface area contributed by atoms with Gasteiger partial charge >= 0.3 is 12.6 Å². The van der Waals surface area contributed by atoms with Gasteiger partial charge in [0.1, 0.15) is 5.75 Å². The molecule has 0 aromatic heterocycles. The average molecular weight is 390 g/mol. The minimum Gasteiger partial charge on any atom is -0.454 e. The van der Waals surface area contributed by atoms with E-state index in [1.807, 2.05) is 0 Å². The highest BCUT2D eigenvalue weighted by molar-refractivity contribution is 6.01. The zero-order valence-electron chi connectivity index (χ0n) is 14.8. The van der Waals surface area contributed by atoms with Gasteiger partial charge in [-0.1, -0.05) is 17.7 Å². The molecule has 0 radical (unpaired) electrons. The van der Waals surface area contributed by atoms with Gasteiger partial charge < -0.3 is 18.9 Å². The van der Waals surface area contributed by atoms with Crippen molar-refractivity contribution in [1.29, 1.82) is 0 Å². The van der Waals surface area contributed by atoms with E-state index in [0.717, 1.165) is 6.08 Å². The molecule has 0 spiro atoms. The molecule has 1 heterocycles. The molecule has 2 aromatic rings. The lowest BCUT2D eigenvalue weighted by Gasteiger charge is -2.10. The Labute approximate surface area is 159 Å². The first kappa shape index (κ1) is 19.3. The first-order chi connectivity index (χ1) is 13.4. The lowest BCUT2D eigenvalue weighted by Crippen LogP contribution is -2.15. The summed E-state index contributed by atoms with van der Waals surface area (Å²) in [6, 6.07) is 9.33. The second-order valence-electron chi connectivity index (χ2n) is 5.86. The number of ether oxygens (including phenoxy) is 4. The summed E-state index contributed by atoms with van der Waals surface area (Å²) >= 11 is 0. The van der Waals surface area contributed by atoms with Crippen molar-refractivity contribution in [2.75, 3.05) is 13.4 Å². The number of ketones is 1. The zero-order valence-corrected chi connectivity index (χ0v) is 14.8. The summed E-state index contributed by atoms with van der Waals surface area (Å²) in [5, 5.41) is 0. The van der Waals surface area contributed by atoms with Crippen molar-refractivity contribution in [2.24, 2.45) is 0 Å². The fraction of sp³-hybridized carbons (Fsp3) is 0.200. The van der Waals surface area contributed by atoms with Crippen LogP contribution in [-0.2, 0) is 9.53 Å². The molecule has 0 aliphatic carbocycles. The van der Waals surface area contributed by atoms with Crippen molar-refractivity contribution in [3.63, 3.8) is 0 Å². The lowest BCUT2D eigenvalue weighted by atomic mass is 10.1. The molecule has 1 aliphatic heterocycles. The second kappa shape index (κ2) is 8.51. The third-order valence-corrected chi connectivity index (χ3v) is 3.81. The standard InChI is InChI=1S/C20H16F2O6/c1-12-2-5-16(28-20(21)22)14(8-12)15(23)10-25-19(24)7-4-13-3-6-17-18(9-13)27-11-26-17/h2-9,20H,10-11H2,1H3/b7-4+. The summed E-state index contributed by atoms with van der Waals surface area (Å²) in [6.07, 6.45) is 2.64. The van der Waals surface area contributed by atoms with Crippen LogP contribution in [-0.4, -0.2) is 31.8 Å². The average Bonchev–Trinajstić information content (AvgIpc) is 3.13. The zero-order chi connectivity index (χ0) is 20.1. The summed E-state index contributed by atoms with van der Waals surface area (Å²) in [5.74, 6) is -0.487. The van der Waals surface area contributed by atoms with Gasteiger partial charge in [0.25, 0.3) is 0 Å². The van der Waals surface area contributed by atoms with Crippen molar-refractivity contribution in [2.45, 2.75) is 13.5 Å². The fourth-order valence-corrected chi connectivity index (χ4v) is 2.50. The number of hydrogen-bond acceptors (Lipinski definition) is 6. The van der Waals surface area contributed by atoms with E-state index in [4.69, 9.17) is 14.2 Å². The van der Waals surface area contributed by atoms with Gasteiger partial charge in [-0.25, -0.2) is 4.79 Å². The Bertz CT molecular complexity index is 923. The molecule has 0 amide bonds. The Morgan fingerprint density at radius 1 is 1.14 bits per heavy atom. The van der Waals surface area contributed by atoms with Crippen molar-refractivity contribution in [1.82, 2.24) is 0 Å². The monoisotopic (exact) mass is 390 g/mol. The van der Waals surface area contributed by atoms with E-state index < -0.39 is 25.0 Å². The molecule has 1 aliphatic rings. The minimum absolute atomic E-state index is 0.0761. The predicted molar refractivity (Wildman–Crippen MR) is 94.7 cm³/mol. The molecule has 0 N–H and O–H groups in total. The maximum atomic E-state index is 12.5. The van der Waals surface area contributed by atoms with Gasteiger partial charge in [0, 0.05) is 6.08 Å². The van der Waals surface area contributed by atoms with Crippen molar-refractivity contribution in [3.8, 4) is 17.2 Å². The van der Waals surface area contributed by atoms with Crippen LogP contribution in [0.15, 0.2) is 42.5 Å². The minimum atomic E-state index is -3.07. The van der Waals surface area contributed by atoms with Gasteiger partial charge in [-0.15, -0.1) is 0 Å². The molecule has 0 atom stereocenters. The molecular formula is C20H16F2O6. The van der Waals surface area contributed by atoms with Gasteiger partial charge in [-0.2, -0.15) is 8.78 Å². The van der Waals surface area contributed by atoms with Gasteiger partial charge in [0.2, 0.25) is 12.6 Å². The van der Waals surface area contributed by atoms with Crippen molar-refractivity contribution < 1.29 is 37.3 Å². The van der Waals surface area contributed by atoms with Gasteiger partial charge in [0.05, 0.1) is 5.56 Å². The maximum absolute atomic E-state index is 12.5. The third-order valence-electron chi connectivity index (χ3n) is 3.81. The van der Waals surface area contributed by atoms with Crippen LogP contribution < -0.4 is 14.2 Å². The number of carbonyl (C=O) groups excluding carboxylic acids is 2. The van der Waals surface area contributed by atoms with Gasteiger partial charge in [0.15, 0.2) is 18.1 Å². The number of rotatable bonds is 7. The van der Waals surface area contributed by atoms with Crippen LogP contribution in [0, 0.1) is 6.92 Å². The van der Waals surface area contributed by atoms with Crippen LogP contribution in [0.2, 0.25) is 0 Å². The molecule has 8 heteroatoms. The molecule has 0 bridgehead atoms. The highest BCUT2D eigenvalue weighted by Crippen LogP contribution is 2.32. The number of alkyl halides is 2. The molecule has 146 valence electrons. The largest absolute Gasteiger partial charge is 0.454 e. The first-order valence-electron chi connectivity index (χ1n) is 8.25. The van der Waals surface area contributed by atoms with Gasteiger partial charge in [-0.05, 0) is 42.8 Å². The van der Waals surface area contributed by atoms with E-state index in [1.54, 1.807) is 25.1 Å². The summed E-state index contributed by atoms with van der Waals surface area (Å²) < 4.78 is 44.6. The number of carbonyl (C=O) groups is 2. The Morgan fingerprint density at radius 3 is 2.71 bits per heavy atom. The highest BCUT2D eigenvalue weighted by atomic mass is 19.3. The second-order valence-corrected chi connectivity index (χ2v) is 5.86. The van der Waals surface area contributed by atoms with Crippen LogP contribution >= 0.6 is 0 Å². The number of esters is 1. The summed E-state index contributed by atoms with van der Waals surface area (Å²) in [7, 11) is 0. The summed E-state index contributed by atoms with van der Waals surface area (Å²) in [6.45, 7) is -1.83. The SMILES string of the molecule is Cc1ccc(OC(F)F)c(C(=O)COC(=O)/C=C/c2ccc3c(c2)OCO3)c1. The topological polar surface area (TPSA) is 71.1 Å². The Balaban J connectivity index is 1.60. The first-order valence-corrected chi connectivity index (χ1v) is 8.25. The number of Topliss-reactive ketones (excluding diaryl/α,β-unsaturated/α-hetero) is 1. The molecule has 3 rings (SSSR count).